The first-order chi connectivity index (χ1) is 6.26. The van der Waals surface area contributed by atoms with Gasteiger partial charge in [0.15, 0.2) is 0 Å². The van der Waals surface area contributed by atoms with Crippen LogP contribution in [0.25, 0.3) is 0 Å². The minimum atomic E-state index is 0.295. The summed E-state index contributed by atoms with van der Waals surface area (Å²) < 4.78 is 0. The molecular formula is C12H19N. The second kappa shape index (κ2) is 3.33. The van der Waals surface area contributed by atoms with E-state index >= 15 is 0 Å². The summed E-state index contributed by atoms with van der Waals surface area (Å²) in [6.45, 7) is 4.40. The van der Waals surface area contributed by atoms with Gasteiger partial charge in [-0.05, 0) is 49.9 Å². The second-order valence-electron chi connectivity index (χ2n) is 4.98. The summed E-state index contributed by atoms with van der Waals surface area (Å²) in [5.41, 5.74) is 0. The Morgan fingerprint density at radius 2 is 2.15 bits per heavy atom. The first-order valence-electron chi connectivity index (χ1n) is 5.65. The van der Waals surface area contributed by atoms with Crippen LogP contribution in [-0.4, -0.2) is 0 Å². The van der Waals surface area contributed by atoms with Crippen LogP contribution in [0.2, 0.25) is 0 Å². The topological polar surface area (TPSA) is 23.8 Å². The van der Waals surface area contributed by atoms with E-state index in [4.69, 9.17) is 5.26 Å². The maximum atomic E-state index is 8.86. The third kappa shape index (κ3) is 1.37. The zero-order valence-electron chi connectivity index (χ0n) is 8.66. The highest BCUT2D eigenvalue weighted by atomic mass is 14.5. The van der Waals surface area contributed by atoms with Gasteiger partial charge in [0.25, 0.3) is 0 Å². The fourth-order valence-electron chi connectivity index (χ4n) is 3.40. The van der Waals surface area contributed by atoms with Crippen LogP contribution in [0.15, 0.2) is 0 Å². The maximum absolute atomic E-state index is 8.86. The molecule has 0 aromatic heterocycles. The Morgan fingerprint density at radius 1 is 1.38 bits per heavy atom. The monoisotopic (exact) mass is 177 g/mol. The van der Waals surface area contributed by atoms with Gasteiger partial charge in [-0.25, -0.2) is 0 Å². The van der Waals surface area contributed by atoms with Crippen LogP contribution in [0.5, 0.6) is 0 Å². The molecule has 13 heavy (non-hydrogen) atoms. The van der Waals surface area contributed by atoms with Gasteiger partial charge >= 0.3 is 0 Å². The van der Waals surface area contributed by atoms with E-state index in [-0.39, 0.29) is 0 Å². The van der Waals surface area contributed by atoms with Gasteiger partial charge in [0.05, 0.1) is 6.07 Å². The molecule has 0 spiro atoms. The summed E-state index contributed by atoms with van der Waals surface area (Å²) in [5.74, 6) is 4.00. The zero-order valence-corrected chi connectivity index (χ0v) is 8.66. The molecule has 0 radical (unpaired) electrons. The van der Waals surface area contributed by atoms with Crippen molar-refractivity contribution in [3.05, 3.63) is 0 Å². The Bertz CT molecular complexity index is 228. The predicted octanol–water partition coefficient (Wildman–Crippen LogP) is 3.22. The van der Waals surface area contributed by atoms with Crippen molar-refractivity contribution in [3.8, 4) is 6.07 Å². The van der Waals surface area contributed by atoms with E-state index < -0.39 is 0 Å². The summed E-state index contributed by atoms with van der Waals surface area (Å²) in [6.07, 6.45) is 5.50. The summed E-state index contributed by atoms with van der Waals surface area (Å²) in [7, 11) is 0. The van der Waals surface area contributed by atoms with Crippen LogP contribution in [0, 0.1) is 40.9 Å². The van der Waals surface area contributed by atoms with Gasteiger partial charge in [0.1, 0.15) is 0 Å². The Hall–Kier alpha value is -0.510. The van der Waals surface area contributed by atoms with E-state index in [1.54, 1.807) is 0 Å². The molecule has 0 N–H and O–H groups in total. The molecule has 0 aliphatic heterocycles. The number of nitrogens with zero attached hydrogens (tertiary/aromatic N) is 1. The lowest BCUT2D eigenvalue weighted by atomic mass is 9.66. The molecule has 1 heteroatoms. The highest BCUT2D eigenvalue weighted by Gasteiger charge is 2.47. The van der Waals surface area contributed by atoms with E-state index in [2.05, 4.69) is 19.9 Å². The van der Waals surface area contributed by atoms with E-state index in [0.29, 0.717) is 5.92 Å². The fraction of sp³-hybridized carbons (Fsp3) is 0.917. The largest absolute Gasteiger partial charge is 0.198 e. The minimum Gasteiger partial charge on any atom is -0.198 e. The highest BCUT2D eigenvalue weighted by Crippen LogP contribution is 2.55. The quantitative estimate of drug-likeness (QED) is 0.635. The first-order valence-corrected chi connectivity index (χ1v) is 5.65. The minimum absolute atomic E-state index is 0.295. The molecule has 2 aliphatic carbocycles. The molecule has 0 bridgehead atoms. The molecule has 2 saturated carbocycles. The van der Waals surface area contributed by atoms with E-state index in [9.17, 15) is 0 Å². The van der Waals surface area contributed by atoms with Gasteiger partial charge in [-0.15, -0.1) is 0 Å². The molecular weight excluding hydrogens is 158 g/mol. The van der Waals surface area contributed by atoms with Crippen molar-refractivity contribution >= 4 is 0 Å². The Kier molecular flexibility index (Phi) is 2.32. The molecule has 2 rings (SSSR count). The van der Waals surface area contributed by atoms with Crippen molar-refractivity contribution < 1.29 is 0 Å². The predicted molar refractivity (Wildman–Crippen MR) is 52.9 cm³/mol. The van der Waals surface area contributed by atoms with E-state index in [1.807, 2.05) is 0 Å². The first kappa shape index (κ1) is 9.06. The Balaban J connectivity index is 1.92. The molecule has 0 heterocycles. The normalized spacial score (nSPS) is 44.7. The van der Waals surface area contributed by atoms with Gasteiger partial charge in [0.2, 0.25) is 0 Å². The summed E-state index contributed by atoms with van der Waals surface area (Å²) in [4.78, 5) is 0. The molecule has 72 valence electrons. The average Bonchev–Trinajstić information content (AvgIpc) is 2.45. The van der Waals surface area contributed by atoms with Crippen molar-refractivity contribution in [3.63, 3.8) is 0 Å². The molecule has 0 aromatic rings. The van der Waals surface area contributed by atoms with Crippen molar-refractivity contribution in [2.45, 2.75) is 39.5 Å². The van der Waals surface area contributed by atoms with Crippen LogP contribution in [0.4, 0.5) is 0 Å². The van der Waals surface area contributed by atoms with Crippen molar-refractivity contribution in [1.29, 1.82) is 5.26 Å². The van der Waals surface area contributed by atoms with Crippen molar-refractivity contribution in [2.24, 2.45) is 29.6 Å². The van der Waals surface area contributed by atoms with Crippen LogP contribution >= 0.6 is 0 Å². The van der Waals surface area contributed by atoms with Crippen LogP contribution in [0.3, 0.4) is 0 Å². The van der Waals surface area contributed by atoms with Crippen LogP contribution in [0.1, 0.15) is 39.5 Å². The molecule has 2 aliphatic rings. The summed E-state index contributed by atoms with van der Waals surface area (Å²) in [5, 5.41) is 8.86. The van der Waals surface area contributed by atoms with Crippen LogP contribution in [-0.2, 0) is 0 Å². The second-order valence-corrected chi connectivity index (χ2v) is 4.98. The lowest BCUT2D eigenvalue weighted by Gasteiger charge is -2.40. The molecule has 0 amide bonds. The van der Waals surface area contributed by atoms with Gasteiger partial charge in [0, 0.05) is 5.92 Å². The number of fused-ring (bicyclic) bond motifs is 1. The Labute approximate surface area is 81.1 Å². The van der Waals surface area contributed by atoms with Crippen LogP contribution < -0.4 is 0 Å². The van der Waals surface area contributed by atoms with Gasteiger partial charge < -0.3 is 0 Å². The number of hydrogen-bond donors (Lipinski definition) is 0. The molecule has 0 saturated heterocycles. The highest BCUT2D eigenvalue weighted by molar-refractivity contribution is 5.00. The molecule has 2 fully saturated rings. The zero-order chi connectivity index (χ0) is 9.42. The summed E-state index contributed by atoms with van der Waals surface area (Å²) >= 11 is 0. The van der Waals surface area contributed by atoms with E-state index in [0.717, 1.165) is 23.7 Å². The smallest absolute Gasteiger partial charge is 0.0655 e. The van der Waals surface area contributed by atoms with E-state index in [1.165, 1.54) is 25.7 Å². The summed E-state index contributed by atoms with van der Waals surface area (Å²) in [6, 6.07) is 2.41. The maximum Gasteiger partial charge on any atom is 0.0655 e. The molecule has 1 nitrogen and oxygen atoms in total. The van der Waals surface area contributed by atoms with Gasteiger partial charge in [-0.1, -0.05) is 13.3 Å². The Morgan fingerprint density at radius 3 is 2.77 bits per heavy atom. The number of nitriles is 1. The lowest BCUT2D eigenvalue weighted by molar-refractivity contribution is 0.0996. The third-order valence-electron chi connectivity index (χ3n) is 4.43. The molecule has 0 aromatic carbocycles. The number of rotatable bonds is 2. The SMILES string of the molecule is CCC1CC2C[C@H](C(C)C#N)CC12. The molecule has 4 unspecified atom stereocenters. The average molecular weight is 177 g/mol. The van der Waals surface area contributed by atoms with Crippen molar-refractivity contribution in [2.75, 3.05) is 0 Å². The standard InChI is InChI=1S/C12H19N/c1-3-9-4-11-5-10(6-12(9)11)8(2)7-13/h8-12H,3-6H2,1-2H3/t8?,9?,10-,11?,12?/m0/s1. The fourth-order valence-corrected chi connectivity index (χ4v) is 3.40. The number of hydrogen-bond acceptors (Lipinski definition) is 1. The van der Waals surface area contributed by atoms with Gasteiger partial charge in [-0.3, -0.25) is 0 Å². The third-order valence-corrected chi connectivity index (χ3v) is 4.43. The lowest BCUT2D eigenvalue weighted by Crippen LogP contribution is -2.31. The van der Waals surface area contributed by atoms with Crippen molar-refractivity contribution in [1.82, 2.24) is 0 Å². The van der Waals surface area contributed by atoms with Gasteiger partial charge in [-0.2, -0.15) is 5.26 Å². The molecule has 5 atom stereocenters.